The maximum Gasteiger partial charge on any atom is 0.339 e. The number of benzene rings is 1. The largest absolute Gasteiger partial charge is 0.427 e. The van der Waals surface area contributed by atoms with Crippen LogP contribution in [0.25, 0.3) is 0 Å². The van der Waals surface area contributed by atoms with E-state index in [-0.39, 0.29) is 28.4 Å². The van der Waals surface area contributed by atoms with Gasteiger partial charge in [-0.1, -0.05) is 17.7 Å². The number of Topliss-reactive ketones (excluding diaryl/α,β-unsaturated/α-hetero) is 1. The van der Waals surface area contributed by atoms with Gasteiger partial charge in [0.25, 0.3) is 0 Å². The molecule has 2 aromatic rings. The predicted octanol–water partition coefficient (Wildman–Crippen LogP) is 3.54. The van der Waals surface area contributed by atoms with Gasteiger partial charge in [0.2, 0.25) is 0 Å². The Morgan fingerprint density at radius 1 is 1.24 bits per heavy atom. The molecule has 0 aliphatic heterocycles. The molecule has 0 N–H and O–H groups in total. The molecule has 0 fully saturated rings. The van der Waals surface area contributed by atoms with Gasteiger partial charge in [0, 0.05) is 35.4 Å². The zero-order valence-electron chi connectivity index (χ0n) is 11.1. The van der Waals surface area contributed by atoms with Crippen molar-refractivity contribution in [2.45, 2.75) is 25.7 Å². The van der Waals surface area contributed by atoms with E-state index in [2.05, 4.69) is 0 Å². The van der Waals surface area contributed by atoms with E-state index < -0.39 is 11.4 Å². The summed E-state index contributed by atoms with van der Waals surface area (Å²) in [5, 5.41) is 0.249. The van der Waals surface area contributed by atoms with Crippen molar-refractivity contribution in [2.24, 2.45) is 0 Å². The third-order valence-electron chi connectivity index (χ3n) is 3.63. The van der Waals surface area contributed by atoms with Gasteiger partial charge >= 0.3 is 5.63 Å². The minimum absolute atomic E-state index is 0.00833. The Labute approximate surface area is 125 Å². The van der Waals surface area contributed by atoms with Crippen LogP contribution in [0.4, 0.5) is 4.39 Å². The highest BCUT2D eigenvalue weighted by molar-refractivity contribution is 6.31. The third-order valence-corrected chi connectivity index (χ3v) is 3.99. The molecule has 0 unspecified atom stereocenters. The Morgan fingerprint density at radius 3 is 2.81 bits per heavy atom. The van der Waals surface area contributed by atoms with E-state index in [1.165, 1.54) is 18.2 Å². The summed E-state index contributed by atoms with van der Waals surface area (Å²) < 4.78 is 19.0. The fourth-order valence-electron chi connectivity index (χ4n) is 2.53. The van der Waals surface area contributed by atoms with Gasteiger partial charge in [0.05, 0.1) is 5.56 Å². The molecule has 1 aromatic heterocycles. The number of hydrogen-bond acceptors (Lipinski definition) is 3. The normalized spacial score (nSPS) is 14.1. The summed E-state index contributed by atoms with van der Waals surface area (Å²) in [7, 11) is 0. The molecule has 1 heterocycles. The highest BCUT2D eigenvalue weighted by Crippen LogP contribution is 2.24. The molecular formula is C16H12ClFO3. The maximum atomic E-state index is 13.8. The molecule has 0 spiro atoms. The smallest absolute Gasteiger partial charge is 0.339 e. The number of carbonyl (C=O) groups is 1. The second-order valence-corrected chi connectivity index (χ2v) is 5.46. The lowest BCUT2D eigenvalue weighted by Gasteiger charge is -2.14. The summed E-state index contributed by atoms with van der Waals surface area (Å²) >= 11 is 5.96. The highest BCUT2D eigenvalue weighted by atomic mass is 35.5. The average molecular weight is 307 g/mol. The van der Waals surface area contributed by atoms with Crippen LogP contribution in [0.1, 0.15) is 40.1 Å². The van der Waals surface area contributed by atoms with E-state index in [1.807, 2.05) is 0 Å². The molecule has 0 amide bonds. The van der Waals surface area contributed by atoms with E-state index >= 15 is 0 Å². The van der Waals surface area contributed by atoms with Crippen LogP contribution >= 0.6 is 11.6 Å². The van der Waals surface area contributed by atoms with Crippen molar-refractivity contribution in [3.05, 3.63) is 68.0 Å². The number of fused-ring (bicyclic) bond motifs is 1. The topological polar surface area (TPSA) is 47.3 Å². The van der Waals surface area contributed by atoms with Crippen molar-refractivity contribution >= 4 is 17.4 Å². The van der Waals surface area contributed by atoms with Crippen molar-refractivity contribution in [3.8, 4) is 0 Å². The molecule has 0 saturated heterocycles. The van der Waals surface area contributed by atoms with Crippen molar-refractivity contribution in [2.75, 3.05) is 0 Å². The summed E-state index contributed by atoms with van der Waals surface area (Å²) in [4.78, 5) is 23.9. The van der Waals surface area contributed by atoms with Crippen LogP contribution in [0.3, 0.4) is 0 Å². The molecular weight excluding hydrogens is 295 g/mol. The molecule has 3 nitrogen and oxygen atoms in total. The first-order chi connectivity index (χ1) is 10.1. The number of hydrogen-bond donors (Lipinski definition) is 0. The quantitative estimate of drug-likeness (QED) is 0.852. The molecule has 1 aliphatic carbocycles. The van der Waals surface area contributed by atoms with E-state index in [1.54, 1.807) is 6.07 Å². The van der Waals surface area contributed by atoms with Gasteiger partial charge in [-0.2, -0.15) is 0 Å². The monoisotopic (exact) mass is 306 g/mol. The Hall–Kier alpha value is -1.94. The lowest BCUT2D eigenvalue weighted by atomic mass is 9.94. The van der Waals surface area contributed by atoms with Crippen LogP contribution in [-0.4, -0.2) is 5.78 Å². The number of ketones is 1. The van der Waals surface area contributed by atoms with Gasteiger partial charge in [-0.15, -0.1) is 0 Å². The van der Waals surface area contributed by atoms with Gasteiger partial charge < -0.3 is 4.42 Å². The molecule has 0 atom stereocenters. The molecule has 108 valence electrons. The fourth-order valence-corrected chi connectivity index (χ4v) is 2.76. The van der Waals surface area contributed by atoms with E-state index in [0.29, 0.717) is 30.6 Å². The lowest BCUT2D eigenvalue weighted by molar-refractivity contribution is 0.0965. The Balaban J connectivity index is 2.06. The Bertz CT molecular complexity index is 759. The SMILES string of the molecule is O=C1CCCc2oc(=O)c(Cc3c(F)cccc3Cl)cc21. The summed E-state index contributed by atoms with van der Waals surface area (Å²) in [5.41, 5.74) is 0.372. The fraction of sp³-hybridized carbons (Fsp3) is 0.250. The first kappa shape index (κ1) is 14.0. The first-order valence-corrected chi connectivity index (χ1v) is 7.06. The van der Waals surface area contributed by atoms with Crippen LogP contribution in [0, 0.1) is 5.82 Å². The molecule has 1 aromatic carbocycles. The summed E-state index contributed by atoms with van der Waals surface area (Å²) in [5.74, 6) is -0.0912. The zero-order chi connectivity index (χ0) is 15.0. The van der Waals surface area contributed by atoms with E-state index in [0.717, 1.165) is 0 Å². The lowest BCUT2D eigenvalue weighted by Crippen LogP contribution is -2.18. The molecule has 3 rings (SSSR count). The van der Waals surface area contributed by atoms with E-state index in [4.69, 9.17) is 16.0 Å². The van der Waals surface area contributed by atoms with Crippen LogP contribution in [0.5, 0.6) is 0 Å². The van der Waals surface area contributed by atoms with Crippen LogP contribution in [0.2, 0.25) is 5.02 Å². The Kier molecular flexibility index (Phi) is 3.64. The first-order valence-electron chi connectivity index (χ1n) is 6.68. The number of rotatable bonds is 2. The van der Waals surface area contributed by atoms with Crippen molar-refractivity contribution < 1.29 is 13.6 Å². The van der Waals surface area contributed by atoms with Crippen LogP contribution in [-0.2, 0) is 12.8 Å². The predicted molar refractivity (Wildman–Crippen MR) is 76.5 cm³/mol. The number of carbonyl (C=O) groups excluding carboxylic acids is 1. The standard InChI is InChI=1S/C16H12ClFO3/c17-12-3-1-4-13(18)10(12)7-9-8-11-14(19)5-2-6-15(11)21-16(9)20/h1,3-4,8H,2,5-7H2. The van der Waals surface area contributed by atoms with Gasteiger partial charge in [-0.05, 0) is 24.6 Å². The van der Waals surface area contributed by atoms with Gasteiger partial charge in [-0.25, -0.2) is 9.18 Å². The third kappa shape index (κ3) is 2.63. The number of aryl methyl sites for hydroxylation is 1. The molecule has 1 aliphatic rings. The summed E-state index contributed by atoms with van der Waals surface area (Å²) in [6, 6.07) is 5.86. The van der Waals surface area contributed by atoms with Crippen LogP contribution < -0.4 is 5.63 Å². The minimum Gasteiger partial charge on any atom is -0.427 e. The second kappa shape index (κ2) is 5.45. The van der Waals surface area contributed by atoms with Crippen LogP contribution in [0.15, 0.2) is 33.5 Å². The highest BCUT2D eigenvalue weighted by Gasteiger charge is 2.22. The zero-order valence-corrected chi connectivity index (χ0v) is 11.9. The van der Waals surface area contributed by atoms with Gasteiger partial charge in [0.15, 0.2) is 5.78 Å². The molecule has 21 heavy (non-hydrogen) atoms. The Morgan fingerprint density at radius 2 is 2.05 bits per heavy atom. The second-order valence-electron chi connectivity index (χ2n) is 5.05. The molecule has 0 bridgehead atoms. The van der Waals surface area contributed by atoms with Gasteiger partial charge in [-0.3, -0.25) is 4.79 Å². The summed E-state index contributed by atoms with van der Waals surface area (Å²) in [6.45, 7) is 0. The van der Waals surface area contributed by atoms with Crippen molar-refractivity contribution in [1.29, 1.82) is 0 Å². The minimum atomic E-state index is -0.539. The molecule has 5 heteroatoms. The average Bonchev–Trinajstić information content (AvgIpc) is 2.44. The number of halogens is 2. The molecule has 0 radical (unpaired) electrons. The van der Waals surface area contributed by atoms with Crippen molar-refractivity contribution in [1.82, 2.24) is 0 Å². The van der Waals surface area contributed by atoms with E-state index in [9.17, 15) is 14.0 Å². The van der Waals surface area contributed by atoms with Gasteiger partial charge in [0.1, 0.15) is 11.6 Å². The maximum absolute atomic E-state index is 13.8. The van der Waals surface area contributed by atoms with Crippen molar-refractivity contribution in [3.63, 3.8) is 0 Å². The molecule has 0 saturated carbocycles. The summed E-state index contributed by atoms with van der Waals surface area (Å²) in [6.07, 6.45) is 1.72.